The van der Waals surface area contributed by atoms with Gasteiger partial charge in [0.2, 0.25) is 0 Å². The van der Waals surface area contributed by atoms with Gasteiger partial charge in [-0.15, -0.1) is 11.8 Å². The molecule has 1 fully saturated rings. The molecule has 38 heavy (non-hydrogen) atoms. The first-order valence-electron chi connectivity index (χ1n) is 14.1. The van der Waals surface area contributed by atoms with Gasteiger partial charge in [-0.3, -0.25) is 19.2 Å². The van der Waals surface area contributed by atoms with E-state index in [4.69, 9.17) is 23.7 Å². The van der Waals surface area contributed by atoms with Gasteiger partial charge in [0.15, 0.2) is 18.3 Å². The van der Waals surface area contributed by atoms with Gasteiger partial charge < -0.3 is 23.7 Å². The summed E-state index contributed by atoms with van der Waals surface area (Å²) < 4.78 is 27.6. The Morgan fingerprint density at radius 3 is 1.53 bits per heavy atom. The normalized spacial score (nSPS) is 22.9. The highest BCUT2D eigenvalue weighted by Gasteiger charge is 2.52. The number of hydrogen-bond donors (Lipinski definition) is 0. The minimum atomic E-state index is -1.11. The van der Waals surface area contributed by atoms with Gasteiger partial charge in [-0.1, -0.05) is 77.6 Å². The van der Waals surface area contributed by atoms with Crippen molar-refractivity contribution >= 4 is 35.6 Å². The molecule has 10 heteroatoms. The van der Waals surface area contributed by atoms with Crippen molar-refractivity contribution in [3.8, 4) is 0 Å². The summed E-state index contributed by atoms with van der Waals surface area (Å²) in [5, 5.41) is 0. The predicted octanol–water partition coefficient (Wildman–Crippen LogP) is 5.50. The molecule has 0 aromatic carbocycles. The topological polar surface area (TPSA) is 114 Å². The number of thioether (sulfide) groups is 1. The first-order chi connectivity index (χ1) is 18.1. The molecule has 9 nitrogen and oxygen atoms in total. The molecule has 1 rings (SSSR count). The maximum Gasteiger partial charge on any atom is 0.303 e. The quantitative estimate of drug-likeness (QED) is 0.114. The van der Waals surface area contributed by atoms with Crippen LogP contribution in [0.25, 0.3) is 0 Å². The van der Waals surface area contributed by atoms with E-state index in [1.54, 1.807) is 0 Å². The molecule has 1 aliphatic rings. The van der Waals surface area contributed by atoms with E-state index in [1.807, 2.05) is 0 Å². The van der Waals surface area contributed by atoms with Gasteiger partial charge >= 0.3 is 23.9 Å². The monoisotopic (exact) mass is 560 g/mol. The molecule has 0 aliphatic carbocycles. The molecule has 0 aromatic heterocycles. The van der Waals surface area contributed by atoms with Crippen LogP contribution in [0.15, 0.2) is 0 Å². The fourth-order valence-corrected chi connectivity index (χ4v) is 5.69. The largest absolute Gasteiger partial charge is 0.463 e. The van der Waals surface area contributed by atoms with Crippen LogP contribution in [0.5, 0.6) is 0 Å². The molecule has 5 atom stereocenters. The Bertz CT molecular complexity index is 714. The zero-order chi connectivity index (χ0) is 28.3. The van der Waals surface area contributed by atoms with Gasteiger partial charge in [-0.2, -0.15) is 0 Å². The van der Waals surface area contributed by atoms with E-state index < -0.39 is 53.7 Å². The van der Waals surface area contributed by atoms with Crippen LogP contribution < -0.4 is 0 Å². The summed E-state index contributed by atoms with van der Waals surface area (Å²) >= 11 is 1.45. The van der Waals surface area contributed by atoms with Gasteiger partial charge in [0.1, 0.15) is 18.1 Å². The summed E-state index contributed by atoms with van der Waals surface area (Å²) in [6.07, 6.45) is 10.9. The summed E-state index contributed by atoms with van der Waals surface area (Å²) in [6.45, 7) is 6.98. The Balaban J connectivity index is 2.65. The third-order valence-corrected chi connectivity index (χ3v) is 7.46. The lowest BCUT2D eigenvalue weighted by molar-refractivity contribution is -0.237. The lowest BCUT2D eigenvalue weighted by atomic mass is 9.99. The Labute approximate surface area is 232 Å². The van der Waals surface area contributed by atoms with E-state index in [-0.39, 0.29) is 6.61 Å². The summed E-state index contributed by atoms with van der Waals surface area (Å²) in [7, 11) is 0. The van der Waals surface area contributed by atoms with Crippen molar-refractivity contribution < 1.29 is 42.9 Å². The highest BCUT2D eigenvalue weighted by Crippen LogP contribution is 2.35. The van der Waals surface area contributed by atoms with Crippen molar-refractivity contribution in [2.75, 3.05) is 12.4 Å². The summed E-state index contributed by atoms with van der Waals surface area (Å²) in [5.74, 6) is -1.62. The number of carbonyl (C=O) groups excluding carboxylic acids is 4. The number of esters is 4. The van der Waals surface area contributed by atoms with Crippen LogP contribution in [-0.2, 0) is 42.9 Å². The highest BCUT2D eigenvalue weighted by molar-refractivity contribution is 7.99. The Morgan fingerprint density at radius 2 is 1.05 bits per heavy atom. The summed E-state index contributed by atoms with van der Waals surface area (Å²) in [5.41, 5.74) is -0.691. The molecule has 0 saturated carbocycles. The van der Waals surface area contributed by atoms with Gasteiger partial charge in [0.25, 0.3) is 0 Å². The third kappa shape index (κ3) is 15.0. The molecule has 1 heterocycles. The molecule has 1 aliphatic heterocycles. The Morgan fingerprint density at radius 1 is 0.605 bits per heavy atom. The maximum absolute atomic E-state index is 11.9. The standard InChI is InChI=1S/C28H48O9S/c1-6-7-8-9-10-11-12-13-14-15-16-17-18-38-28-27(36-23(5)32)26(35-22(4)31)25(34-21(3)30)24(37-28)19-33-20(2)29/h24-28H,6-19H2,1-5H3/t24-,25+,26+,27-,28+/m1/s1. The number of carbonyl (C=O) groups is 4. The zero-order valence-corrected chi connectivity index (χ0v) is 24.7. The SMILES string of the molecule is CCCCCCCCCCCCCCS[C@@H]1O[C@H](COC(C)=O)[C@H](OC(C)=O)[C@H](OC(C)=O)[C@H]1OC(C)=O. The molecular formula is C28H48O9S. The van der Waals surface area contributed by atoms with Crippen molar-refractivity contribution in [2.24, 2.45) is 0 Å². The third-order valence-electron chi connectivity index (χ3n) is 6.23. The van der Waals surface area contributed by atoms with Gasteiger partial charge in [-0.25, -0.2) is 0 Å². The Hall–Kier alpha value is -1.81. The van der Waals surface area contributed by atoms with Crippen LogP contribution in [0.3, 0.4) is 0 Å². The second kappa shape index (κ2) is 20.1. The maximum atomic E-state index is 11.9. The van der Waals surface area contributed by atoms with E-state index >= 15 is 0 Å². The van der Waals surface area contributed by atoms with Gasteiger partial charge in [-0.05, 0) is 12.2 Å². The van der Waals surface area contributed by atoms with Crippen LogP contribution in [0, 0.1) is 0 Å². The van der Waals surface area contributed by atoms with Crippen molar-refractivity contribution in [1.29, 1.82) is 0 Å². The molecular weight excluding hydrogens is 512 g/mol. The lowest BCUT2D eigenvalue weighted by Crippen LogP contribution is -2.61. The van der Waals surface area contributed by atoms with Crippen LogP contribution in [0.1, 0.15) is 112 Å². The van der Waals surface area contributed by atoms with E-state index in [0.29, 0.717) is 0 Å². The Kier molecular flexibility index (Phi) is 18.1. The van der Waals surface area contributed by atoms with Gasteiger partial charge in [0.05, 0.1) is 0 Å². The number of rotatable bonds is 19. The van der Waals surface area contributed by atoms with Crippen LogP contribution >= 0.6 is 11.8 Å². The highest BCUT2D eigenvalue weighted by atomic mass is 32.2. The molecule has 0 radical (unpaired) electrons. The van der Waals surface area contributed by atoms with Gasteiger partial charge in [0, 0.05) is 27.7 Å². The van der Waals surface area contributed by atoms with Crippen molar-refractivity contribution in [2.45, 2.75) is 142 Å². The zero-order valence-electron chi connectivity index (χ0n) is 23.9. The summed E-state index contributed by atoms with van der Waals surface area (Å²) in [4.78, 5) is 47.0. The number of ether oxygens (including phenoxy) is 5. The molecule has 0 spiro atoms. The fraction of sp³-hybridized carbons (Fsp3) is 0.857. The first kappa shape index (κ1) is 34.2. The summed E-state index contributed by atoms with van der Waals surface area (Å²) in [6, 6.07) is 0. The van der Waals surface area contributed by atoms with E-state index in [2.05, 4.69) is 6.92 Å². The second-order valence-corrected chi connectivity index (χ2v) is 11.0. The molecule has 1 saturated heterocycles. The van der Waals surface area contributed by atoms with E-state index in [1.165, 1.54) is 97.2 Å². The molecule has 0 bridgehead atoms. The average molecular weight is 561 g/mol. The van der Waals surface area contributed by atoms with E-state index in [0.717, 1.165) is 25.0 Å². The van der Waals surface area contributed by atoms with Crippen LogP contribution in [0.4, 0.5) is 0 Å². The van der Waals surface area contributed by atoms with Crippen molar-refractivity contribution in [1.82, 2.24) is 0 Å². The first-order valence-corrected chi connectivity index (χ1v) is 15.1. The molecule has 0 unspecified atom stereocenters. The van der Waals surface area contributed by atoms with Crippen LogP contribution in [-0.4, -0.2) is 66.1 Å². The number of hydrogen-bond acceptors (Lipinski definition) is 10. The molecule has 0 aromatic rings. The lowest BCUT2D eigenvalue weighted by Gasteiger charge is -2.44. The number of unbranched alkanes of at least 4 members (excludes halogenated alkanes) is 11. The molecule has 0 N–H and O–H groups in total. The predicted molar refractivity (Wildman–Crippen MR) is 145 cm³/mol. The molecule has 0 amide bonds. The minimum absolute atomic E-state index is 0.201. The fourth-order valence-electron chi connectivity index (χ4n) is 4.47. The second-order valence-electron chi connectivity index (χ2n) is 9.83. The van der Waals surface area contributed by atoms with Crippen LogP contribution in [0.2, 0.25) is 0 Å². The van der Waals surface area contributed by atoms with Crippen molar-refractivity contribution in [3.05, 3.63) is 0 Å². The van der Waals surface area contributed by atoms with Crippen molar-refractivity contribution in [3.63, 3.8) is 0 Å². The smallest absolute Gasteiger partial charge is 0.303 e. The minimum Gasteiger partial charge on any atom is -0.463 e. The van der Waals surface area contributed by atoms with E-state index in [9.17, 15) is 19.2 Å². The molecule has 220 valence electrons. The average Bonchev–Trinajstić information content (AvgIpc) is 2.83.